The Morgan fingerprint density at radius 2 is 1.19 bits per heavy atom. The van der Waals surface area contributed by atoms with E-state index in [-0.39, 0.29) is 5.97 Å². The summed E-state index contributed by atoms with van der Waals surface area (Å²) < 4.78 is 5.09. The second-order valence-corrected chi connectivity index (χ2v) is 8.19. The summed E-state index contributed by atoms with van der Waals surface area (Å²) in [5.74, 6) is 0.683. The highest BCUT2D eigenvalue weighted by Gasteiger charge is 2.02. The molecule has 0 fully saturated rings. The van der Waals surface area contributed by atoms with E-state index in [2.05, 4.69) is 20.4 Å². The fourth-order valence-corrected chi connectivity index (χ4v) is 3.46. The molecule has 0 aliphatic carbocycles. The number of rotatable bonds is 19. The largest absolute Gasteiger partial charge is 0.462 e. The second kappa shape index (κ2) is 19.0. The van der Waals surface area contributed by atoms with Crippen LogP contribution in [0.25, 0.3) is 0 Å². The zero-order valence-corrected chi connectivity index (χ0v) is 18.1. The maximum Gasteiger partial charge on any atom is 0.333 e. The van der Waals surface area contributed by atoms with E-state index < -0.39 is 0 Å². The molecule has 2 heteroatoms. The summed E-state index contributed by atoms with van der Waals surface area (Å²) in [5.41, 5.74) is 0.492. The molecule has 0 saturated heterocycles. The minimum atomic E-state index is -0.254. The lowest BCUT2D eigenvalue weighted by molar-refractivity contribution is -0.139. The van der Waals surface area contributed by atoms with Crippen LogP contribution in [-0.2, 0) is 9.53 Å². The summed E-state index contributed by atoms with van der Waals surface area (Å²) >= 11 is 0. The Labute approximate surface area is 164 Å². The van der Waals surface area contributed by atoms with E-state index in [9.17, 15) is 4.79 Å². The van der Waals surface area contributed by atoms with Crippen molar-refractivity contribution in [3.8, 4) is 0 Å². The molecule has 0 aromatic rings. The predicted octanol–water partition coefficient (Wildman–Crippen LogP) is 8.00. The zero-order chi connectivity index (χ0) is 19.5. The first-order valence-corrected chi connectivity index (χ1v) is 11.4. The van der Waals surface area contributed by atoms with Crippen LogP contribution < -0.4 is 0 Å². The highest BCUT2D eigenvalue weighted by atomic mass is 16.5. The van der Waals surface area contributed by atoms with Gasteiger partial charge in [0.25, 0.3) is 0 Å². The van der Waals surface area contributed by atoms with Gasteiger partial charge in [-0.15, -0.1) is 0 Å². The van der Waals surface area contributed by atoms with E-state index in [1.165, 1.54) is 96.3 Å². The minimum Gasteiger partial charge on any atom is -0.462 e. The summed E-state index contributed by atoms with van der Waals surface area (Å²) in [4.78, 5) is 11.2. The van der Waals surface area contributed by atoms with Gasteiger partial charge in [-0.05, 0) is 19.3 Å². The predicted molar refractivity (Wildman–Crippen MR) is 114 cm³/mol. The molecule has 0 bridgehead atoms. The molecule has 0 heterocycles. The fourth-order valence-electron chi connectivity index (χ4n) is 3.46. The van der Waals surface area contributed by atoms with E-state index in [0.717, 1.165) is 12.3 Å². The maximum atomic E-state index is 11.2. The van der Waals surface area contributed by atoms with Crippen molar-refractivity contribution in [3.63, 3.8) is 0 Å². The molecule has 26 heavy (non-hydrogen) atoms. The number of ether oxygens (including phenoxy) is 1. The van der Waals surface area contributed by atoms with Gasteiger partial charge in [-0.1, -0.05) is 117 Å². The van der Waals surface area contributed by atoms with Crippen molar-refractivity contribution in [3.05, 3.63) is 12.2 Å². The van der Waals surface area contributed by atoms with Crippen molar-refractivity contribution >= 4 is 5.97 Å². The molecule has 0 rings (SSSR count). The molecule has 2 nitrogen and oxygen atoms in total. The Hall–Kier alpha value is -0.790. The summed E-state index contributed by atoms with van der Waals surface area (Å²) in [5, 5.41) is 0. The first-order chi connectivity index (χ1) is 12.6. The molecule has 0 aromatic heterocycles. The quantitative estimate of drug-likeness (QED) is 0.131. The molecule has 0 aliphatic heterocycles. The first-order valence-electron chi connectivity index (χ1n) is 11.4. The third kappa shape index (κ3) is 18.0. The molecule has 0 radical (unpaired) electrons. The average molecular weight is 367 g/mol. The minimum absolute atomic E-state index is 0.254. The van der Waals surface area contributed by atoms with Crippen LogP contribution in [0, 0.1) is 5.92 Å². The van der Waals surface area contributed by atoms with E-state index >= 15 is 0 Å². The van der Waals surface area contributed by atoms with Crippen molar-refractivity contribution < 1.29 is 9.53 Å². The lowest BCUT2D eigenvalue weighted by atomic mass is 9.98. The number of hydrogen-bond acceptors (Lipinski definition) is 2. The van der Waals surface area contributed by atoms with Gasteiger partial charge in [0.1, 0.15) is 0 Å². The number of carbonyl (C=O) groups excluding carboxylic acids is 1. The summed E-state index contributed by atoms with van der Waals surface area (Å²) in [7, 11) is 0. The molecular weight excluding hydrogens is 320 g/mol. The molecule has 0 amide bonds. The Morgan fingerprint density at radius 3 is 1.62 bits per heavy atom. The van der Waals surface area contributed by atoms with Crippen LogP contribution >= 0.6 is 0 Å². The van der Waals surface area contributed by atoms with Crippen LogP contribution in [0.15, 0.2) is 12.2 Å². The third-order valence-corrected chi connectivity index (χ3v) is 5.20. The van der Waals surface area contributed by atoms with E-state index in [4.69, 9.17) is 4.74 Å². The van der Waals surface area contributed by atoms with Crippen molar-refractivity contribution in [2.24, 2.45) is 5.92 Å². The smallest absolute Gasteiger partial charge is 0.333 e. The summed E-state index contributed by atoms with van der Waals surface area (Å²) in [6, 6.07) is 0. The Balaban J connectivity index is 3.11. The van der Waals surface area contributed by atoms with Crippen molar-refractivity contribution in [2.75, 3.05) is 6.61 Å². The van der Waals surface area contributed by atoms with Gasteiger partial charge in [-0.25, -0.2) is 4.79 Å². The molecule has 0 saturated carbocycles. The average Bonchev–Trinajstić information content (AvgIpc) is 2.61. The van der Waals surface area contributed by atoms with E-state index in [0.29, 0.717) is 12.2 Å². The molecule has 0 N–H and O–H groups in total. The van der Waals surface area contributed by atoms with E-state index in [1.807, 2.05) is 0 Å². The second-order valence-electron chi connectivity index (χ2n) is 8.19. The lowest BCUT2D eigenvalue weighted by Crippen LogP contribution is -2.05. The first kappa shape index (κ1) is 25.2. The van der Waals surface area contributed by atoms with Gasteiger partial charge >= 0.3 is 5.97 Å². The standard InChI is InChI=1S/C24H46O2/c1-5-19-23(4)20-17-15-13-11-9-7-6-8-10-12-14-16-18-21-26-24(25)22(2)3/h23H,2,5-21H2,1,3-4H3. The van der Waals surface area contributed by atoms with Crippen LogP contribution in [0.2, 0.25) is 0 Å². The Morgan fingerprint density at radius 1 is 0.769 bits per heavy atom. The number of hydrogen-bond donors (Lipinski definition) is 0. The Bertz CT molecular complexity index is 335. The van der Waals surface area contributed by atoms with Crippen molar-refractivity contribution in [2.45, 2.75) is 124 Å². The van der Waals surface area contributed by atoms with Crippen LogP contribution in [0.3, 0.4) is 0 Å². The third-order valence-electron chi connectivity index (χ3n) is 5.20. The van der Waals surface area contributed by atoms with Gasteiger partial charge < -0.3 is 4.74 Å². The highest BCUT2D eigenvalue weighted by molar-refractivity contribution is 5.86. The lowest BCUT2D eigenvalue weighted by Gasteiger charge is -2.09. The monoisotopic (exact) mass is 366 g/mol. The van der Waals surface area contributed by atoms with Crippen LogP contribution in [0.5, 0.6) is 0 Å². The molecular formula is C24H46O2. The van der Waals surface area contributed by atoms with Gasteiger partial charge in [0.15, 0.2) is 0 Å². The van der Waals surface area contributed by atoms with Crippen LogP contribution in [0.1, 0.15) is 124 Å². The number of carbonyl (C=O) groups is 1. The van der Waals surface area contributed by atoms with Gasteiger partial charge in [0.05, 0.1) is 6.61 Å². The zero-order valence-electron chi connectivity index (χ0n) is 18.1. The summed E-state index contributed by atoms with van der Waals surface area (Å²) in [6.07, 6.45) is 21.7. The number of unbranched alkanes of at least 4 members (excludes halogenated alkanes) is 12. The topological polar surface area (TPSA) is 26.3 Å². The fraction of sp³-hybridized carbons (Fsp3) is 0.875. The summed E-state index contributed by atoms with van der Waals surface area (Å²) in [6.45, 7) is 10.5. The van der Waals surface area contributed by atoms with Gasteiger partial charge in [-0.3, -0.25) is 0 Å². The molecule has 0 spiro atoms. The van der Waals surface area contributed by atoms with Gasteiger partial charge in [0.2, 0.25) is 0 Å². The van der Waals surface area contributed by atoms with Crippen LogP contribution in [0.4, 0.5) is 0 Å². The van der Waals surface area contributed by atoms with Crippen molar-refractivity contribution in [1.29, 1.82) is 0 Å². The molecule has 0 aromatic carbocycles. The normalized spacial score (nSPS) is 12.1. The Kier molecular flexibility index (Phi) is 18.4. The maximum absolute atomic E-state index is 11.2. The van der Waals surface area contributed by atoms with E-state index in [1.54, 1.807) is 6.92 Å². The van der Waals surface area contributed by atoms with Crippen LogP contribution in [-0.4, -0.2) is 12.6 Å². The highest BCUT2D eigenvalue weighted by Crippen LogP contribution is 2.16. The number of esters is 1. The SMILES string of the molecule is C=C(C)C(=O)OCCCCCCCCCCCCCCCC(C)CCC. The molecule has 154 valence electrons. The molecule has 1 unspecified atom stereocenters. The van der Waals surface area contributed by atoms with Crippen molar-refractivity contribution in [1.82, 2.24) is 0 Å². The molecule has 0 aliphatic rings. The van der Waals surface area contributed by atoms with Gasteiger partial charge in [-0.2, -0.15) is 0 Å². The molecule has 1 atom stereocenters. The van der Waals surface area contributed by atoms with Gasteiger partial charge in [0, 0.05) is 5.57 Å².